The first-order valence-corrected chi connectivity index (χ1v) is 8.37. The first-order valence-electron chi connectivity index (χ1n) is 8.37. The first kappa shape index (κ1) is 16.2. The summed E-state index contributed by atoms with van der Waals surface area (Å²) in [5.41, 5.74) is 3.86. The minimum atomic E-state index is -0.720. The molecule has 2 heterocycles. The number of aromatic nitrogens is 1. The number of para-hydroxylation sites is 2. The van der Waals surface area contributed by atoms with Crippen molar-refractivity contribution in [2.45, 2.75) is 26.4 Å². The maximum Gasteiger partial charge on any atom is 0.186 e. The number of hydrogen-bond acceptors (Lipinski definition) is 4. The van der Waals surface area contributed by atoms with E-state index in [1.807, 2.05) is 51.1 Å². The van der Waals surface area contributed by atoms with E-state index in [0.717, 1.165) is 33.5 Å². The molecule has 0 N–H and O–H groups in total. The van der Waals surface area contributed by atoms with Crippen LogP contribution in [0.4, 0.5) is 10.1 Å². The number of fused-ring (bicyclic) bond motifs is 2. The average Bonchev–Trinajstić information content (AvgIpc) is 2.62. The number of rotatable bonds is 1. The molecule has 128 valence electrons. The van der Waals surface area contributed by atoms with E-state index in [1.165, 1.54) is 6.07 Å². The van der Waals surface area contributed by atoms with E-state index in [4.69, 9.17) is 4.99 Å². The number of halogens is 1. The van der Waals surface area contributed by atoms with Crippen LogP contribution >= 0.6 is 0 Å². The van der Waals surface area contributed by atoms with Gasteiger partial charge in [-0.3, -0.25) is 14.9 Å². The molecule has 0 atom stereocenters. The van der Waals surface area contributed by atoms with Crippen molar-refractivity contribution in [1.29, 1.82) is 5.26 Å². The van der Waals surface area contributed by atoms with Crippen LogP contribution in [0.3, 0.4) is 0 Å². The second-order valence-corrected chi connectivity index (χ2v) is 6.84. The van der Waals surface area contributed by atoms with Gasteiger partial charge in [0.05, 0.1) is 11.4 Å². The number of anilines is 1. The second kappa shape index (κ2) is 5.63. The molecule has 1 aliphatic rings. The molecule has 4 nitrogen and oxygen atoms in total. The zero-order valence-electron chi connectivity index (χ0n) is 14.8. The van der Waals surface area contributed by atoms with Gasteiger partial charge in [0.2, 0.25) is 0 Å². The normalized spacial score (nSPS) is 15.3. The van der Waals surface area contributed by atoms with Gasteiger partial charge in [0.15, 0.2) is 6.19 Å². The maximum atomic E-state index is 14.1. The number of aryl methyl sites for hydroxylation is 1. The molecule has 0 saturated carbocycles. The SMILES string of the molecule is Cc1c(C2=NC(C)(C)N(C#N)c3ccccc32)cnc2c(F)cccc12. The Bertz CT molecular complexity index is 1110. The molecular formula is C21H17FN4. The summed E-state index contributed by atoms with van der Waals surface area (Å²) in [6, 6.07) is 12.7. The van der Waals surface area contributed by atoms with Crippen molar-refractivity contribution in [2.24, 2.45) is 4.99 Å². The van der Waals surface area contributed by atoms with Crippen LogP contribution in [0.1, 0.15) is 30.5 Å². The fraction of sp³-hybridized carbons (Fsp3) is 0.190. The highest BCUT2D eigenvalue weighted by Gasteiger charge is 2.35. The lowest BCUT2D eigenvalue weighted by Gasteiger charge is -2.37. The third-order valence-corrected chi connectivity index (χ3v) is 4.81. The van der Waals surface area contributed by atoms with Gasteiger partial charge in [-0.05, 0) is 38.5 Å². The molecular weight excluding hydrogens is 327 g/mol. The lowest BCUT2D eigenvalue weighted by molar-refractivity contribution is 0.529. The van der Waals surface area contributed by atoms with Gasteiger partial charge in [-0.15, -0.1) is 0 Å². The number of pyridine rings is 1. The second-order valence-electron chi connectivity index (χ2n) is 6.84. The van der Waals surface area contributed by atoms with Crippen LogP contribution in [0.25, 0.3) is 10.9 Å². The smallest absolute Gasteiger partial charge is 0.186 e. The Morgan fingerprint density at radius 1 is 1.08 bits per heavy atom. The van der Waals surface area contributed by atoms with E-state index in [0.29, 0.717) is 5.52 Å². The average molecular weight is 344 g/mol. The third kappa shape index (κ3) is 2.26. The number of hydrogen-bond donors (Lipinski definition) is 0. The van der Waals surface area contributed by atoms with Crippen LogP contribution in [-0.4, -0.2) is 16.4 Å². The van der Waals surface area contributed by atoms with Crippen LogP contribution in [-0.2, 0) is 0 Å². The summed E-state index contributed by atoms with van der Waals surface area (Å²) in [6.45, 7) is 5.75. The summed E-state index contributed by atoms with van der Waals surface area (Å²) in [4.78, 5) is 10.8. The third-order valence-electron chi connectivity index (χ3n) is 4.81. The van der Waals surface area contributed by atoms with Crippen molar-refractivity contribution < 1.29 is 4.39 Å². The molecule has 0 bridgehead atoms. The van der Waals surface area contributed by atoms with Crippen LogP contribution in [0.2, 0.25) is 0 Å². The van der Waals surface area contributed by atoms with Crippen LogP contribution in [0.15, 0.2) is 53.7 Å². The Kier molecular flexibility index (Phi) is 3.52. The van der Waals surface area contributed by atoms with Gasteiger partial charge in [-0.2, -0.15) is 5.26 Å². The highest BCUT2D eigenvalue weighted by Crippen LogP contribution is 2.36. The van der Waals surface area contributed by atoms with E-state index >= 15 is 0 Å². The fourth-order valence-corrected chi connectivity index (χ4v) is 3.49. The Balaban J connectivity index is 2.02. The summed E-state index contributed by atoms with van der Waals surface area (Å²) in [7, 11) is 0. The Labute approximate surface area is 151 Å². The van der Waals surface area contributed by atoms with Gasteiger partial charge in [0.25, 0.3) is 0 Å². The molecule has 1 aliphatic heterocycles. The Morgan fingerprint density at radius 2 is 1.85 bits per heavy atom. The summed E-state index contributed by atoms with van der Waals surface area (Å²) in [5.74, 6) is -0.334. The number of nitrogens with zero attached hydrogens (tertiary/aromatic N) is 4. The minimum Gasteiger partial charge on any atom is -0.255 e. The highest BCUT2D eigenvalue weighted by molar-refractivity contribution is 6.19. The minimum absolute atomic E-state index is 0.334. The van der Waals surface area contributed by atoms with Gasteiger partial charge >= 0.3 is 0 Å². The van der Waals surface area contributed by atoms with Gasteiger partial charge in [0.1, 0.15) is 17.0 Å². The van der Waals surface area contributed by atoms with Gasteiger partial charge in [-0.1, -0.05) is 30.3 Å². The van der Waals surface area contributed by atoms with E-state index in [2.05, 4.69) is 11.2 Å². The van der Waals surface area contributed by atoms with Crippen LogP contribution < -0.4 is 4.90 Å². The van der Waals surface area contributed by atoms with E-state index in [9.17, 15) is 9.65 Å². The van der Waals surface area contributed by atoms with Gasteiger partial charge < -0.3 is 0 Å². The van der Waals surface area contributed by atoms with Crippen molar-refractivity contribution in [3.8, 4) is 6.19 Å². The van der Waals surface area contributed by atoms with Crippen LogP contribution in [0.5, 0.6) is 0 Å². The molecule has 0 radical (unpaired) electrons. The lowest BCUT2D eigenvalue weighted by atomic mass is 9.92. The van der Waals surface area contributed by atoms with E-state index < -0.39 is 5.66 Å². The Morgan fingerprint density at radius 3 is 2.62 bits per heavy atom. The molecule has 26 heavy (non-hydrogen) atoms. The fourth-order valence-electron chi connectivity index (χ4n) is 3.49. The van der Waals surface area contributed by atoms with Gasteiger partial charge in [-0.25, -0.2) is 4.39 Å². The molecule has 0 fully saturated rings. The molecule has 0 spiro atoms. The molecule has 1 aromatic heterocycles. The quantitative estimate of drug-likeness (QED) is 0.608. The topological polar surface area (TPSA) is 52.3 Å². The molecule has 5 heteroatoms. The molecule has 0 unspecified atom stereocenters. The number of aliphatic imine (C=N–C) groups is 1. The van der Waals surface area contributed by atoms with E-state index in [-0.39, 0.29) is 5.82 Å². The number of nitriles is 1. The summed E-state index contributed by atoms with van der Waals surface area (Å²) < 4.78 is 14.1. The zero-order chi connectivity index (χ0) is 18.5. The standard InChI is InChI=1S/C21H17FN4/c1-13-14-8-6-9-17(22)20(14)24-11-16(13)19-15-7-4-5-10-18(15)26(12-23)21(2,3)25-19/h4-11H,1-3H3. The van der Waals surface area contributed by atoms with Crippen molar-refractivity contribution in [3.05, 3.63) is 71.2 Å². The molecule has 0 aliphatic carbocycles. The van der Waals surface area contributed by atoms with Gasteiger partial charge in [0, 0.05) is 22.7 Å². The van der Waals surface area contributed by atoms with E-state index in [1.54, 1.807) is 17.2 Å². The summed E-state index contributed by atoms with van der Waals surface area (Å²) >= 11 is 0. The molecule has 0 amide bonds. The maximum absolute atomic E-state index is 14.1. The molecule has 4 rings (SSSR count). The number of benzene rings is 2. The molecule has 0 saturated heterocycles. The van der Waals surface area contributed by atoms with Crippen molar-refractivity contribution in [1.82, 2.24) is 4.98 Å². The summed E-state index contributed by atoms with van der Waals surface area (Å²) in [5, 5.41) is 10.4. The van der Waals surface area contributed by atoms with Crippen LogP contribution in [0, 0.1) is 24.2 Å². The van der Waals surface area contributed by atoms with Crippen molar-refractivity contribution >= 4 is 22.3 Å². The molecule has 2 aromatic carbocycles. The monoisotopic (exact) mass is 344 g/mol. The Hall–Kier alpha value is -3.26. The predicted molar refractivity (Wildman–Crippen MR) is 101 cm³/mol. The largest absolute Gasteiger partial charge is 0.255 e. The summed E-state index contributed by atoms with van der Waals surface area (Å²) in [6.07, 6.45) is 3.91. The van der Waals surface area contributed by atoms with Crippen molar-refractivity contribution in [3.63, 3.8) is 0 Å². The molecule has 3 aromatic rings. The highest BCUT2D eigenvalue weighted by atomic mass is 19.1. The first-order chi connectivity index (χ1) is 12.4. The predicted octanol–water partition coefficient (Wildman–Crippen LogP) is 4.56. The zero-order valence-corrected chi connectivity index (χ0v) is 14.8. The lowest BCUT2D eigenvalue weighted by Crippen LogP contribution is -2.43. The van der Waals surface area contributed by atoms with Crippen molar-refractivity contribution in [2.75, 3.05) is 4.90 Å².